The highest BCUT2D eigenvalue weighted by atomic mass is 19.4. The zero-order valence-corrected chi connectivity index (χ0v) is 12.8. The number of nitrogens with zero attached hydrogens (tertiary/aromatic N) is 2. The summed E-state index contributed by atoms with van der Waals surface area (Å²) in [7, 11) is 1.35. The van der Waals surface area contributed by atoms with Crippen molar-refractivity contribution in [1.29, 1.82) is 0 Å². The number of carbonyl (C=O) groups is 1. The number of rotatable bonds is 6. The molecular weight excluding hydrogens is 329 g/mol. The van der Waals surface area contributed by atoms with Crippen LogP contribution in [0.3, 0.4) is 0 Å². The van der Waals surface area contributed by atoms with Crippen LogP contribution in [-0.2, 0) is 19.2 Å². The molecule has 10 heteroatoms. The lowest BCUT2D eigenvalue weighted by Crippen LogP contribution is -2.47. The number of aliphatic hydroxyl groups is 1. The van der Waals surface area contributed by atoms with Crippen LogP contribution >= 0.6 is 0 Å². The fourth-order valence-corrected chi connectivity index (χ4v) is 2.14. The molecule has 0 spiro atoms. The Morgan fingerprint density at radius 2 is 2.17 bits per heavy atom. The molecule has 0 aromatic carbocycles. The highest BCUT2D eigenvalue weighted by molar-refractivity contribution is 5.73. The lowest BCUT2D eigenvalue weighted by atomic mass is 9.97. The Labute approximate surface area is 135 Å². The first-order chi connectivity index (χ1) is 11.2. The molecule has 0 aliphatic carbocycles. The van der Waals surface area contributed by atoms with Crippen molar-refractivity contribution in [2.24, 2.45) is 7.05 Å². The van der Waals surface area contributed by atoms with E-state index in [1.807, 2.05) is 0 Å². The number of imidazole rings is 1. The summed E-state index contributed by atoms with van der Waals surface area (Å²) in [5, 5.41) is 14.8. The van der Waals surface area contributed by atoms with Crippen molar-refractivity contribution >= 4 is 6.03 Å². The predicted octanol–water partition coefficient (Wildman–Crippen LogP) is 1.65. The van der Waals surface area contributed by atoms with E-state index in [1.54, 1.807) is 6.07 Å². The largest absolute Gasteiger partial charge is 0.472 e. The van der Waals surface area contributed by atoms with Crippen LogP contribution in [0.4, 0.5) is 18.0 Å². The number of hydrogen-bond acceptors (Lipinski definition) is 4. The molecule has 2 aromatic rings. The maximum atomic E-state index is 13.3. The number of alkyl halides is 3. The number of carbonyl (C=O) groups excluding carboxylic acids is 1. The minimum Gasteiger partial charge on any atom is -0.472 e. The quantitative estimate of drug-likeness (QED) is 0.742. The first-order valence-electron chi connectivity index (χ1n) is 7.04. The summed E-state index contributed by atoms with van der Waals surface area (Å²) < 4.78 is 45.7. The van der Waals surface area contributed by atoms with Gasteiger partial charge in [0.05, 0.1) is 12.5 Å². The molecule has 0 aliphatic heterocycles. The van der Waals surface area contributed by atoms with Crippen LogP contribution in [0.1, 0.15) is 17.8 Å². The molecule has 1 atom stereocenters. The molecule has 1 unspecified atom stereocenters. The summed E-state index contributed by atoms with van der Waals surface area (Å²) in [5.41, 5.74) is -2.44. The second kappa shape index (κ2) is 6.95. The van der Waals surface area contributed by atoms with E-state index in [-0.39, 0.29) is 13.1 Å². The molecule has 3 N–H and O–H groups in total. The van der Waals surface area contributed by atoms with Gasteiger partial charge >= 0.3 is 12.2 Å². The van der Waals surface area contributed by atoms with Gasteiger partial charge in [0.1, 0.15) is 5.82 Å². The highest BCUT2D eigenvalue weighted by Gasteiger charge is 2.57. The number of hydrogen-bond donors (Lipinski definition) is 3. The summed E-state index contributed by atoms with van der Waals surface area (Å²) in [5.74, 6) is -0.532. The van der Waals surface area contributed by atoms with E-state index < -0.39 is 30.1 Å². The number of furan rings is 1. The van der Waals surface area contributed by atoms with Crippen LogP contribution in [0.5, 0.6) is 0 Å². The normalized spacial score (nSPS) is 14.2. The van der Waals surface area contributed by atoms with Crippen LogP contribution < -0.4 is 10.6 Å². The van der Waals surface area contributed by atoms with Crippen LogP contribution in [0.2, 0.25) is 0 Å². The second-order valence-electron chi connectivity index (χ2n) is 5.21. The second-order valence-corrected chi connectivity index (χ2v) is 5.21. The van der Waals surface area contributed by atoms with Gasteiger partial charge in [0.15, 0.2) is 0 Å². The van der Waals surface area contributed by atoms with Crippen molar-refractivity contribution in [2.75, 3.05) is 6.54 Å². The number of aryl methyl sites for hydroxylation is 1. The van der Waals surface area contributed by atoms with Crippen molar-refractivity contribution in [3.63, 3.8) is 0 Å². The summed E-state index contributed by atoms with van der Waals surface area (Å²) in [6.07, 6.45) is -0.356. The zero-order chi connectivity index (χ0) is 17.8. The molecular formula is C14H17F3N4O3. The molecule has 0 saturated heterocycles. The first-order valence-corrected chi connectivity index (χ1v) is 7.04. The molecule has 2 rings (SSSR count). The molecule has 0 saturated carbocycles. The molecule has 2 aromatic heterocycles. The van der Waals surface area contributed by atoms with E-state index in [0.717, 1.165) is 10.8 Å². The number of aromatic nitrogens is 2. The smallest absolute Gasteiger partial charge is 0.424 e. The molecule has 132 valence electrons. The molecule has 24 heavy (non-hydrogen) atoms. The van der Waals surface area contributed by atoms with Crippen LogP contribution in [0.15, 0.2) is 35.4 Å². The fourth-order valence-electron chi connectivity index (χ4n) is 2.14. The van der Waals surface area contributed by atoms with Crippen molar-refractivity contribution in [2.45, 2.75) is 24.7 Å². The van der Waals surface area contributed by atoms with Crippen molar-refractivity contribution < 1.29 is 27.5 Å². The topological polar surface area (TPSA) is 92.3 Å². The Morgan fingerprint density at radius 1 is 1.42 bits per heavy atom. The lowest BCUT2D eigenvalue weighted by molar-refractivity contribution is -0.272. The predicted molar refractivity (Wildman–Crippen MR) is 76.7 cm³/mol. The van der Waals surface area contributed by atoms with E-state index in [9.17, 15) is 23.1 Å². The molecule has 0 aliphatic rings. The highest BCUT2D eigenvalue weighted by Crippen LogP contribution is 2.40. The maximum Gasteiger partial charge on any atom is 0.424 e. The maximum absolute atomic E-state index is 13.3. The van der Waals surface area contributed by atoms with Crippen LogP contribution in [0, 0.1) is 0 Å². The van der Waals surface area contributed by atoms with Crippen LogP contribution in [0.25, 0.3) is 0 Å². The van der Waals surface area contributed by atoms with Gasteiger partial charge in [-0.25, -0.2) is 9.78 Å². The summed E-state index contributed by atoms with van der Waals surface area (Å²) in [6, 6.07) is 0.990. The van der Waals surface area contributed by atoms with Crippen LogP contribution in [-0.4, -0.2) is 33.4 Å². The average Bonchev–Trinajstić information content (AvgIpc) is 3.15. The molecule has 2 amide bonds. The van der Waals surface area contributed by atoms with E-state index in [4.69, 9.17) is 4.42 Å². The minimum atomic E-state index is -4.93. The van der Waals surface area contributed by atoms with Gasteiger partial charge in [-0.3, -0.25) is 0 Å². The van der Waals surface area contributed by atoms with Gasteiger partial charge in [-0.1, -0.05) is 0 Å². The molecule has 0 radical (unpaired) electrons. The van der Waals surface area contributed by atoms with Gasteiger partial charge in [-0.15, -0.1) is 0 Å². The third-order valence-corrected chi connectivity index (χ3v) is 3.47. The standard InChI is InChI=1S/C14H17F3N4O3/c1-21-6-5-18-11(21)13(23,14(15,16)17)3-4-19-12(22)20-8-10-2-7-24-9-10/h2,5-7,9,23H,3-4,8H2,1H3,(H2,19,20,22). The van der Waals surface area contributed by atoms with Gasteiger partial charge < -0.3 is 24.7 Å². The van der Waals surface area contributed by atoms with E-state index in [0.29, 0.717) is 5.56 Å². The van der Waals surface area contributed by atoms with Gasteiger partial charge in [0.25, 0.3) is 0 Å². The molecule has 0 bridgehead atoms. The lowest BCUT2D eigenvalue weighted by Gasteiger charge is -2.29. The molecule has 0 fully saturated rings. The number of amides is 2. The van der Waals surface area contributed by atoms with Gasteiger partial charge in [0, 0.05) is 44.5 Å². The van der Waals surface area contributed by atoms with Gasteiger partial charge in [-0.2, -0.15) is 13.2 Å². The van der Waals surface area contributed by atoms with E-state index in [1.165, 1.54) is 25.8 Å². The monoisotopic (exact) mass is 346 g/mol. The Bertz CT molecular complexity index is 669. The van der Waals surface area contributed by atoms with E-state index >= 15 is 0 Å². The third-order valence-electron chi connectivity index (χ3n) is 3.47. The third kappa shape index (κ3) is 3.88. The first kappa shape index (κ1) is 17.9. The number of urea groups is 1. The summed E-state index contributed by atoms with van der Waals surface area (Å²) in [4.78, 5) is 15.2. The van der Waals surface area contributed by atoms with Gasteiger partial charge in [-0.05, 0) is 6.07 Å². The minimum absolute atomic E-state index is 0.172. The van der Waals surface area contributed by atoms with Crippen molar-refractivity contribution in [3.8, 4) is 0 Å². The van der Waals surface area contributed by atoms with E-state index in [2.05, 4.69) is 15.6 Å². The summed E-state index contributed by atoms with van der Waals surface area (Å²) in [6.45, 7) is -0.217. The number of halogens is 3. The SMILES string of the molecule is Cn1ccnc1C(O)(CCNC(=O)NCc1ccoc1)C(F)(F)F. The Kier molecular flexibility index (Phi) is 5.17. The zero-order valence-electron chi connectivity index (χ0n) is 12.8. The van der Waals surface area contributed by atoms with Crippen molar-refractivity contribution in [1.82, 2.24) is 20.2 Å². The Balaban J connectivity index is 1.92. The van der Waals surface area contributed by atoms with Gasteiger partial charge in [0.2, 0.25) is 5.60 Å². The molecule has 7 nitrogen and oxygen atoms in total. The average molecular weight is 346 g/mol. The Morgan fingerprint density at radius 3 is 2.71 bits per heavy atom. The Hall–Kier alpha value is -2.49. The van der Waals surface area contributed by atoms with Crippen molar-refractivity contribution in [3.05, 3.63) is 42.4 Å². The fraction of sp³-hybridized carbons (Fsp3) is 0.429. The number of nitrogens with one attached hydrogen (secondary N) is 2. The summed E-state index contributed by atoms with van der Waals surface area (Å²) >= 11 is 0. The molecule has 2 heterocycles.